The van der Waals surface area contributed by atoms with Gasteiger partial charge in [0.05, 0.1) is 5.69 Å². The number of hydrogen-bond donors (Lipinski definition) is 2. The summed E-state index contributed by atoms with van der Waals surface area (Å²) in [5.74, 6) is 0.238. The van der Waals surface area contributed by atoms with Crippen LogP contribution in [-0.4, -0.2) is 20.4 Å². The van der Waals surface area contributed by atoms with Crippen LogP contribution in [0.25, 0.3) is 0 Å². The molecule has 0 spiro atoms. The number of aryl methyl sites for hydroxylation is 1. The van der Waals surface area contributed by atoms with Gasteiger partial charge < -0.3 is 9.73 Å². The molecule has 0 fully saturated rings. The van der Waals surface area contributed by atoms with Gasteiger partial charge in [0.25, 0.3) is 5.56 Å². The molecule has 5 rings (SSSR count). The molecule has 7 nitrogen and oxygen atoms in total. The van der Waals surface area contributed by atoms with Crippen molar-refractivity contribution in [1.29, 1.82) is 0 Å². The Labute approximate surface area is 154 Å². The van der Waals surface area contributed by atoms with E-state index in [0.717, 1.165) is 41.6 Å². The van der Waals surface area contributed by atoms with Crippen LogP contribution < -0.4 is 10.9 Å². The van der Waals surface area contributed by atoms with E-state index in [1.54, 1.807) is 19.1 Å². The summed E-state index contributed by atoms with van der Waals surface area (Å²) in [6.07, 6.45) is 2.57. The van der Waals surface area contributed by atoms with Gasteiger partial charge in [0.1, 0.15) is 11.7 Å². The van der Waals surface area contributed by atoms with Gasteiger partial charge in [-0.1, -0.05) is 12.1 Å². The van der Waals surface area contributed by atoms with Crippen LogP contribution in [0, 0.1) is 12.7 Å². The minimum absolute atomic E-state index is 0.0221. The Bertz CT molecular complexity index is 1060. The molecule has 2 aromatic heterocycles. The van der Waals surface area contributed by atoms with Gasteiger partial charge in [-0.15, -0.1) is 10.2 Å². The van der Waals surface area contributed by atoms with Crippen molar-refractivity contribution in [3.8, 4) is 0 Å². The van der Waals surface area contributed by atoms with Gasteiger partial charge in [-0.3, -0.25) is 4.79 Å². The summed E-state index contributed by atoms with van der Waals surface area (Å²) >= 11 is 0. The van der Waals surface area contributed by atoms with E-state index in [9.17, 15) is 9.18 Å². The van der Waals surface area contributed by atoms with Crippen LogP contribution in [0.2, 0.25) is 0 Å². The molecule has 2 N–H and O–H groups in total. The second-order valence-corrected chi connectivity index (χ2v) is 7.11. The number of nitrogens with one attached hydrogen (secondary N) is 2. The third-order valence-electron chi connectivity index (χ3n) is 5.47. The molecule has 8 heteroatoms. The molecule has 27 heavy (non-hydrogen) atoms. The Morgan fingerprint density at radius 1 is 1.22 bits per heavy atom. The summed E-state index contributed by atoms with van der Waals surface area (Å²) in [7, 11) is 0. The van der Waals surface area contributed by atoms with E-state index in [1.165, 1.54) is 12.1 Å². The zero-order valence-corrected chi connectivity index (χ0v) is 14.7. The highest BCUT2D eigenvalue weighted by Crippen LogP contribution is 2.46. The Morgan fingerprint density at radius 2 is 2.04 bits per heavy atom. The zero-order chi connectivity index (χ0) is 18.5. The van der Waals surface area contributed by atoms with Crippen LogP contribution in [0.3, 0.4) is 0 Å². The van der Waals surface area contributed by atoms with Gasteiger partial charge in [0.2, 0.25) is 11.8 Å². The molecule has 0 saturated heterocycles. The summed E-state index contributed by atoms with van der Waals surface area (Å²) in [4.78, 5) is 12.3. The van der Waals surface area contributed by atoms with Crippen LogP contribution in [0.1, 0.15) is 65.0 Å². The summed E-state index contributed by atoms with van der Waals surface area (Å²) in [5.41, 5.74) is 3.25. The molecule has 3 aromatic rings. The monoisotopic (exact) mass is 367 g/mol. The largest absolute Gasteiger partial charge is 0.425 e. The quantitative estimate of drug-likeness (QED) is 0.722. The number of nitrogens with zero attached hydrogens (tertiary/aromatic N) is 3. The molecule has 3 unspecified atom stereocenters. The van der Waals surface area contributed by atoms with Gasteiger partial charge in [0, 0.05) is 30.1 Å². The maximum absolute atomic E-state index is 13.5. The van der Waals surface area contributed by atoms with Gasteiger partial charge in [0.15, 0.2) is 0 Å². The lowest BCUT2D eigenvalue weighted by atomic mass is 9.76. The fraction of sp³-hybridized carbons (Fsp3) is 0.368. The van der Waals surface area contributed by atoms with E-state index in [2.05, 4.69) is 25.7 Å². The second-order valence-electron chi connectivity index (χ2n) is 7.11. The fourth-order valence-corrected chi connectivity index (χ4v) is 4.31. The van der Waals surface area contributed by atoms with Crippen LogP contribution in [0.4, 0.5) is 4.39 Å². The lowest BCUT2D eigenvalue weighted by molar-refractivity contribution is 0.304. The van der Waals surface area contributed by atoms with Crippen molar-refractivity contribution < 1.29 is 8.81 Å². The third-order valence-corrected chi connectivity index (χ3v) is 5.47. The van der Waals surface area contributed by atoms with Gasteiger partial charge in [-0.05, 0) is 37.0 Å². The van der Waals surface area contributed by atoms with E-state index in [0.29, 0.717) is 11.8 Å². The minimum atomic E-state index is -0.364. The van der Waals surface area contributed by atoms with Crippen molar-refractivity contribution in [2.45, 2.75) is 44.2 Å². The number of halogens is 1. The molecule has 1 aromatic carbocycles. The molecule has 0 amide bonds. The summed E-state index contributed by atoms with van der Waals surface area (Å²) in [6.45, 7) is 1.73. The molecule has 2 aliphatic rings. The average Bonchev–Trinajstić information content (AvgIpc) is 3.10. The molecule has 1 aliphatic heterocycles. The van der Waals surface area contributed by atoms with E-state index < -0.39 is 0 Å². The fourth-order valence-electron chi connectivity index (χ4n) is 4.31. The first kappa shape index (κ1) is 16.3. The lowest BCUT2D eigenvalue weighted by Crippen LogP contribution is -2.42. The molecule has 3 atom stereocenters. The highest BCUT2D eigenvalue weighted by Gasteiger charge is 2.43. The normalized spacial score (nSPS) is 23.9. The highest BCUT2D eigenvalue weighted by atomic mass is 19.1. The molecule has 1 aliphatic carbocycles. The summed E-state index contributed by atoms with van der Waals surface area (Å²) in [5, 5.41) is 18.8. The van der Waals surface area contributed by atoms with Crippen LogP contribution in [0.15, 0.2) is 33.5 Å². The van der Waals surface area contributed by atoms with Gasteiger partial charge in [-0.2, -0.15) is 5.10 Å². The molecule has 138 valence electrons. The topological polar surface area (TPSA) is 96.7 Å². The molecule has 0 saturated carbocycles. The van der Waals surface area contributed by atoms with Crippen molar-refractivity contribution in [2.75, 3.05) is 0 Å². The van der Waals surface area contributed by atoms with Crippen molar-refractivity contribution >= 4 is 0 Å². The first-order valence-electron chi connectivity index (χ1n) is 9.04. The third kappa shape index (κ3) is 2.59. The molecule has 0 radical (unpaired) electrons. The number of benzene rings is 1. The number of rotatable bonds is 2. The molecule has 3 heterocycles. The maximum Gasteiger partial charge on any atom is 0.267 e. The highest BCUT2D eigenvalue weighted by molar-refractivity contribution is 5.43. The van der Waals surface area contributed by atoms with E-state index in [1.807, 2.05) is 0 Å². The van der Waals surface area contributed by atoms with Crippen molar-refractivity contribution in [1.82, 2.24) is 25.7 Å². The summed E-state index contributed by atoms with van der Waals surface area (Å²) in [6, 6.07) is 6.19. The van der Waals surface area contributed by atoms with E-state index >= 15 is 0 Å². The zero-order valence-electron chi connectivity index (χ0n) is 14.7. The van der Waals surface area contributed by atoms with E-state index in [4.69, 9.17) is 4.42 Å². The molecule has 0 bridgehead atoms. The smallest absolute Gasteiger partial charge is 0.267 e. The predicted molar refractivity (Wildman–Crippen MR) is 93.7 cm³/mol. The first-order valence-corrected chi connectivity index (χ1v) is 9.04. The van der Waals surface area contributed by atoms with Crippen LogP contribution in [0.5, 0.6) is 0 Å². The van der Waals surface area contributed by atoms with Gasteiger partial charge in [-0.25, -0.2) is 9.49 Å². The lowest BCUT2D eigenvalue weighted by Gasteiger charge is -2.39. The number of hydrogen-bond acceptors (Lipinski definition) is 6. The minimum Gasteiger partial charge on any atom is -0.425 e. The second kappa shape index (κ2) is 6.09. The SMILES string of the molecule is Cc1nnc(C2c3n[nH]c(=O)c4c3C(CCC4)NC2c2ccc(F)cc2)o1. The van der Waals surface area contributed by atoms with Gasteiger partial charge >= 0.3 is 0 Å². The predicted octanol–water partition coefficient (Wildman–Crippen LogP) is 2.45. The van der Waals surface area contributed by atoms with Crippen molar-refractivity contribution in [3.63, 3.8) is 0 Å². The Kier molecular flexibility index (Phi) is 3.68. The average molecular weight is 367 g/mol. The summed E-state index contributed by atoms with van der Waals surface area (Å²) < 4.78 is 19.2. The Hall–Kier alpha value is -2.87. The Morgan fingerprint density at radius 3 is 2.78 bits per heavy atom. The number of H-pyrrole nitrogens is 1. The van der Waals surface area contributed by atoms with Crippen LogP contribution >= 0.6 is 0 Å². The number of aromatic nitrogens is 4. The van der Waals surface area contributed by atoms with E-state index in [-0.39, 0.29) is 29.4 Å². The number of aromatic amines is 1. The van der Waals surface area contributed by atoms with Crippen molar-refractivity contribution in [2.24, 2.45) is 0 Å². The molecular formula is C19H18FN5O2. The standard InChI is InChI=1S/C19H18FN5O2/c1-9-22-25-19(27-9)15-16(10-5-7-11(20)8-6-10)21-13-4-2-3-12-14(13)17(15)23-24-18(12)26/h5-8,13,15-16,21H,2-4H2,1H3,(H,24,26). The van der Waals surface area contributed by atoms with Crippen LogP contribution in [-0.2, 0) is 6.42 Å². The van der Waals surface area contributed by atoms with Crippen molar-refractivity contribution in [3.05, 3.63) is 74.6 Å². The Balaban J connectivity index is 1.73. The first-order chi connectivity index (χ1) is 13.1. The maximum atomic E-state index is 13.5. The molecular weight excluding hydrogens is 349 g/mol.